The highest BCUT2D eigenvalue weighted by Gasteiger charge is 2.21. The van der Waals surface area contributed by atoms with E-state index in [2.05, 4.69) is 30.5 Å². The summed E-state index contributed by atoms with van der Waals surface area (Å²) in [6.07, 6.45) is 7.98. The van der Waals surface area contributed by atoms with E-state index in [1.54, 1.807) is 0 Å². The SMILES string of the molecule is CCn1cc(C(C)NC2CCC(O)CC2)cn1. The summed E-state index contributed by atoms with van der Waals surface area (Å²) in [6, 6.07) is 0.883. The van der Waals surface area contributed by atoms with Gasteiger partial charge in [-0.1, -0.05) is 0 Å². The molecule has 4 nitrogen and oxygen atoms in total. The Morgan fingerprint density at radius 3 is 2.76 bits per heavy atom. The average Bonchev–Trinajstić information content (AvgIpc) is 2.81. The summed E-state index contributed by atoms with van der Waals surface area (Å²) >= 11 is 0. The fourth-order valence-corrected chi connectivity index (χ4v) is 2.47. The molecule has 0 saturated heterocycles. The van der Waals surface area contributed by atoms with Crippen LogP contribution in [0.15, 0.2) is 12.4 Å². The molecule has 0 spiro atoms. The number of aliphatic hydroxyl groups is 1. The van der Waals surface area contributed by atoms with Crippen molar-refractivity contribution in [2.45, 2.75) is 64.3 Å². The van der Waals surface area contributed by atoms with Crippen molar-refractivity contribution in [3.63, 3.8) is 0 Å². The fraction of sp³-hybridized carbons (Fsp3) is 0.769. The van der Waals surface area contributed by atoms with Crippen LogP contribution in [0.3, 0.4) is 0 Å². The second-order valence-corrected chi connectivity index (χ2v) is 5.02. The van der Waals surface area contributed by atoms with Gasteiger partial charge in [-0.25, -0.2) is 0 Å². The van der Waals surface area contributed by atoms with Crippen molar-refractivity contribution in [1.29, 1.82) is 0 Å². The van der Waals surface area contributed by atoms with Gasteiger partial charge in [-0.05, 0) is 39.5 Å². The van der Waals surface area contributed by atoms with Crippen LogP contribution in [0, 0.1) is 0 Å². The highest BCUT2D eigenvalue weighted by Crippen LogP contribution is 2.21. The van der Waals surface area contributed by atoms with Gasteiger partial charge in [-0.15, -0.1) is 0 Å². The molecule has 17 heavy (non-hydrogen) atoms. The summed E-state index contributed by atoms with van der Waals surface area (Å²) in [7, 11) is 0. The normalized spacial score (nSPS) is 27.0. The maximum atomic E-state index is 9.47. The third-order valence-electron chi connectivity index (χ3n) is 3.66. The first-order chi connectivity index (χ1) is 8.19. The van der Waals surface area contributed by atoms with Crippen LogP contribution in [-0.4, -0.2) is 27.0 Å². The molecule has 2 rings (SSSR count). The number of aryl methyl sites for hydroxylation is 1. The van der Waals surface area contributed by atoms with Crippen LogP contribution in [-0.2, 0) is 6.54 Å². The molecular weight excluding hydrogens is 214 g/mol. The Bertz CT molecular complexity index is 342. The molecule has 0 bridgehead atoms. The van der Waals surface area contributed by atoms with Crippen molar-refractivity contribution in [3.8, 4) is 0 Å². The predicted molar refractivity (Wildman–Crippen MR) is 67.7 cm³/mol. The van der Waals surface area contributed by atoms with Crippen molar-refractivity contribution < 1.29 is 5.11 Å². The molecule has 0 amide bonds. The van der Waals surface area contributed by atoms with Crippen LogP contribution >= 0.6 is 0 Å². The number of nitrogens with one attached hydrogen (secondary N) is 1. The zero-order valence-corrected chi connectivity index (χ0v) is 10.8. The average molecular weight is 237 g/mol. The topological polar surface area (TPSA) is 50.1 Å². The Labute approximate surface area is 103 Å². The van der Waals surface area contributed by atoms with E-state index >= 15 is 0 Å². The van der Waals surface area contributed by atoms with Gasteiger partial charge >= 0.3 is 0 Å². The Balaban J connectivity index is 1.86. The third-order valence-corrected chi connectivity index (χ3v) is 3.66. The molecule has 1 aliphatic carbocycles. The lowest BCUT2D eigenvalue weighted by Crippen LogP contribution is -2.36. The van der Waals surface area contributed by atoms with E-state index < -0.39 is 0 Å². The molecule has 1 aromatic heterocycles. The number of nitrogens with zero attached hydrogens (tertiary/aromatic N) is 2. The molecule has 1 aliphatic rings. The van der Waals surface area contributed by atoms with Gasteiger partial charge in [-0.2, -0.15) is 5.10 Å². The molecule has 1 unspecified atom stereocenters. The van der Waals surface area contributed by atoms with Crippen LogP contribution < -0.4 is 5.32 Å². The van der Waals surface area contributed by atoms with Crippen molar-refractivity contribution in [1.82, 2.24) is 15.1 Å². The van der Waals surface area contributed by atoms with Crippen LogP contribution in [0.4, 0.5) is 0 Å². The molecule has 1 atom stereocenters. The lowest BCUT2D eigenvalue weighted by molar-refractivity contribution is 0.114. The molecule has 4 heteroatoms. The largest absolute Gasteiger partial charge is 0.393 e. The second kappa shape index (κ2) is 5.65. The number of hydrogen-bond acceptors (Lipinski definition) is 3. The zero-order chi connectivity index (χ0) is 12.3. The van der Waals surface area contributed by atoms with Gasteiger partial charge in [0.05, 0.1) is 12.3 Å². The number of hydrogen-bond donors (Lipinski definition) is 2. The Kier molecular flexibility index (Phi) is 4.18. The van der Waals surface area contributed by atoms with E-state index in [0.29, 0.717) is 12.1 Å². The predicted octanol–water partition coefficient (Wildman–Crippen LogP) is 1.86. The molecule has 0 aromatic carbocycles. The monoisotopic (exact) mass is 237 g/mol. The minimum atomic E-state index is -0.0776. The Morgan fingerprint density at radius 1 is 1.47 bits per heavy atom. The van der Waals surface area contributed by atoms with Crippen LogP contribution in [0.5, 0.6) is 0 Å². The van der Waals surface area contributed by atoms with Crippen molar-refractivity contribution in [3.05, 3.63) is 18.0 Å². The number of aliphatic hydroxyl groups excluding tert-OH is 1. The van der Waals surface area contributed by atoms with E-state index in [4.69, 9.17) is 0 Å². The number of rotatable bonds is 4. The van der Waals surface area contributed by atoms with Crippen LogP contribution in [0.1, 0.15) is 51.1 Å². The molecule has 1 heterocycles. The highest BCUT2D eigenvalue weighted by molar-refractivity contribution is 5.09. The standard InChI is InChI=1S/C13H23N3O/c1-3-16-9-11(8-14-16)10(2)15-12-4-6-13(17)7-5-12/h8-10,12-13,15,17H,3-7H2,1-2H3. The van der Waals surface area contributed by atoms with Crippen molar-refractivity contribution in [2.75, 3.05) is 0 Å². The summed E-state index contributed by atoms with van der Waals surface area (Å²) in [4.78, 5) is 0. The van der Waals surface area contributed by atoms with E-state index in [9.17, 15) is 5.11 Å². The zero-order valence-electron chi connectivity index (χ0n) is 10.8. The number of aromatic nitrogens is 2. The first-order valence-corrected chi connectivity index (χ1v) is 6.65. The van der Waals surface area contributed by atoms with Gasteiger partial charge in [0.1, 0.15) is 0 Å². The van der Waals surface area contributed by atoms with Gasteiger partial charge in [0.15, 0.2) is 0 Å². The molecule has 0 aliphatic heterocycles. The lowest BCUT2D eigenvalue weighted by atomic mass is 9.92. The molecular formula is C13H23N3O. The quantitative estimate of drug-likeness (QED) is 0.840. The third kappa shape index (κ3) is 3.30. The smallest absolute Gasteiger partial charge is 0.0541 e. The maximum absolute atomic E-state index is 9.47. The maximum Gasteiger partial charge on any atom is 0.0541 e. The van der Waals surface area contributed by atoms with Crippen LogP contribution in [0.25, 0.3) is 0 Å². The van der Waals surface area contributed by atoms with Gasteiger partial charge in [0.2, 0.25) is 0 Å². The molecule has 96 valence electrons. The van der Waals surface area contributed by atoms with E-state index in [0.717, 1.165) is 32.2 Å². The molecule has 1 aromatic rings. The van der Waals surface area contributed by atoms with Gasteiger partial charge in [-0.3, -0.25) is 4.68 Å². The lowest BCUT2D eigenvalue weighted by Gasteiger charge is -2.28. The van der Waals surface area contributed by atoms with E-state index in [1.165, 1.54) is 5.56 Å². The summed E-state index contributed by atoms with van der Waals surface area (Å²) in [5, 5.41) is 17.4. The summed E-state index contributed by atoms with van der Waals surface area (Å²) in [5.41, 5.74) is 1.25. The molecule has 0 radical (unpaired) electrons. The molecule has 2 N–H and O–H groups in total. The van der Waals surface area contributed by atoms with Crippen molar-refractivity contribution >= 4 is 0 Å². The highest BCUT2D eigenvalue weighted by atomic mass is 16.3. The van der Waals surface area contributed by atoms with Gasteiger partial charge < -0.3 is 10.4 Å². The molecule has 1 saturated carbocycles. The van der Waals surface area contributed by atoms with E-state index in [1.807, 2.05) is 10.9 Å². The summed E-state index contributed by atoms with van der Waals surface area (Å²) in [6.45, 7) is 5.20. The van der Waals surface area contributed by atoms with Gasteiger partial charge in [0, 0.05) is 30.4 Å². The summed E-state index contributed by atoms with van der Waals surface area (Å²) in [5.74, 6) is 0. The molecule has 1 fully saturated rings. The van der Waals surface area contributed by atoms with Crippen molar-refractivity contribution in [2.24, 2.45) is 0 Å². The minimum absolute atomic E-state index is 0.0776. The minimum Gasteiger partial charge on any atom is -0.393 e. The summed E-state index contributed by atoms with van der Waals surface area (Å²) < 4.78 is 1.96. The first kappa shape index (κ1) is 12.6. The Morgan fingerprint density at radius 2 is 2.18 bits per heavy atom. The van der Waals surface area contributed by atoms with Gasteiger partial charge in [0.25, 0.3) is 0 Å². The Hall–Kier alpha value is -0.870. The van der Waals surface area contributed by atoms with E-state index in [-0.39, 0.29) is 6.10 Å². The first-order valence-electron chi connectivity index (χ1n) is 6.65. The second-order valence-electron chi connectivity index (χ2n) is 5.02. The van der Waals surface area contributed by atoms with Crippen LogP contribution in [0.2, 0.25) is 0 Å². The fourth-order valence-electron chi connectivity index (χ4n) is 2.47.